The van der Waals surface area contributed by atoms with Gasteiger partial charge in [0.1, 0.15) is 5.69 Å². The number of nitroso groups, excluding NO2 is 1. The molecule has 0 bridgehead atoms. The number of hydrogen-bond acceptors (Lipinski definition) is 5. The third-order valence-corrected chi connectivity index (χ3v) is 2.99. The standard InChI is InChI=1S/C15H9NO6/c17-13(10-3-1-2-4-12(10)16-22)9-6-5-8(14(18)19)7-11(9)15(20)21/h1-7H,(H,18,19)(H,20,21). The fourth-order valence-electron chi connectivity index (χ4n) is 1.94. The topological polar surface area (TPSA) is 121 Å². The number of ketones is 1. The molecule has 7 nitrogen and oxygen atoms in total. The number of rotatable bonds is 5. The van der Waals surface area contributed by atoms with E-state index < -0.39 is 23.3 Å². The van der Waals surface area contributed by atoms with E-state index in [-0.39, 0.29) is 22.4 Å². The maximum absolute atomic E-state index is 12.4. The van der Waals surface area contributed by atoms with Crippen LogP contribution in [0.5, 0.6) is 0 Å². The minimum Gasteiger partial charge on any atom is -0.478 e. The summed E-state index contributed by atoms with van der Waals surface area (Å²) in [6.07, 6.45) is 0. The first-order valence-electron chi connectivity index (χ1n) is 6.03. The Labute approximate surface area is 123 Å². The molecular formula is C15H9NO6. The summed E-state index contributed by atoms with van der Waals surface area (Å²) in [6.45, 7) is 0. The molecule has 0 heterocycles. The van der Waals surface area contributed by atoms with E-state index in [9.17, 15) is 19.3 Å². The number of aromatic carboxylic acids is 2. The van der Waals surface area contributed by atoms with Gasteiger partial charge < -0.3 is 10.2 Å². The van der Waals surface area contributed by atoms with Crippen LogP contribution in [0.25, 0.3) is 0 Å². The van der Waals surface area contributed by atoms with Gasteiger partial charge in [0.05, 0.1) is 16.7 Å². The SMILES string of the molecule is O=Nc1ccccc1C(=O)c1ccc(C(=O)O)cc1C(=O)O. The van der Waals surface area contributed by atoms with Crippen molar-refractivity contribution >= 4 is 23.4 Å². The van der Waals surface area contributed by atoms with Crippen LogP contribution in [0.2, 0.25) is 0 Å². The average molecular weight is 299 g/mol. The van der Waals surface area contributed by atoms with E-state index in [4.69, 9.17) is 10.2 Å². The average Bonchev–Trinajstić information content (AvgIpc) is 2.53. The van der Waals surface area contributed by atoms with Gasteiger partial charge in [-0.25, -0.2) is 9.59 Å². The molecule has 110 valence electrons. The highest BCUT2D eigenvalue weighted by atomic mass is 16.4. The van der Waals surface area contributed by atoms with Crippen LogP contribution in [0.1, 0.15) is 36.6 Å². The van der Waals surface area contributed by atoms with Gasteiger partial charge in [-0.3, -0.25) is 4.79 Å². The lowest BCUT2D eigenvalue weighted by Crippen LogP contribution is -2.11. The van der Waals surface area contributed by atoms with Crippen molar-refractivity contribution in [2.45, 2.75) is 0 Å². The van der Waals surface area contributed by atoms with E-state index in [0.717, 1.165) is 18.2 Å². The second kappa shape index (κ2) is 5.96. The predicted octanol–water partition coefficient (Wildman–Crippen LogP) is 2.71. The Balaban J connectivity index is 2.61. The van der Waals surface area contributed by atoms with Crippen LogP contribution in [-0.4, -0.2) is 27.9 Å². The molecule has 0 saturated carbocycles. The molecule has 0 saturated heterocycles. The zero-order valence-electron chi connectivity index (χ0n) is 11.0. The molecule has 0 aromatic heterocycles. The van der Waals surface area contributed by atoms with E-state index in [1.165, 1.54) is 24.3 Å². The Morgan fingerprint density at radius 1 is 0.818 bits per heavy atom. The Hall–Kier alpha value is -3.35. The van der Waals surface area contributed by atoms with Crippen molar-refractivity contribution in [3.05, 3.63) is 69.6 Å². The van der Waals surface area contributed by atoms with Crippen LogP contribution in [0.4, 0.5) is 5.69 Å². The second-order valence-corrected chi connectivity index (χ2v) is 4.31. The molecule has 0 amide bonds. The summed E-state index contributed by atoms with van der Waals surface area (Å²) < 4.78 is 0. The molecule has 0 fully saturated rings. The lowest BCUT2D eigenvalue weighted by atomic mass is 9.95. The molecule has 0 spiro atoms. The van der Waals surface area contributed by atoms with Gasteiger partial charge in [0.2, 0.25) is 0 Å². The van der Waals surface area contributed by atoms with Crippen molar-refractivity contribution in [3.8, 4) is 0 Å². The van der Waals surface area contributed by atoms with Crippen LogP contribution >= 0.6 is 0 Å². The van der Waals surface area contributed by atoms with E-state index in [1.807, 2.05) is 0 Å². The van der Waals surface area contributed by atoms with E-state index >= 15 is 0 Å². The third kappa shape index (κ3) is 2.73. The van der Waals surface area contributed by atoms with Crippen molar-refractivity contribution in [2.75, 3.05) is 0 Å². The first kappa shape index (κ1) is 15.0. The lowest BCUT2D eigenvalue weighted by Gasteiger charge is -2.07. The van der Waals surface area contributed by atoms with Gasteiger partial charge in [0.15, 0.2) is 5.78 Å². The Bertz CT molecular complexity index is 796. The molecule has 0 aliphatic rings. The molecule has 2 aromatic carbocycles. The van der Waals surface area contributed by atoms with Crippen LogP contribution in [-0.2, 0) is 0 Å². The van der Waals surface area contributed by atoms with Crippen molar-refractivity contribution in [1.82, 2.24) is 0 Å². The summed E-state index contributed by atoms with van der Waals surface area (Å²) in [5.74, 6) is -3.47. The number of carboxylic acids is 2. The zero-order chi connectivity index (χ0) is 16.3. The monoisotopic (exact) mass is 299 g/mol. The Morgan fingerprint density at radius 2 is 1.50 bits per heavy atom. The molecule has 2 rings (SSSR count). The van der Waals surface area contributed by atoms with Crippen molar-refractivity contribution in [3.63, 3.8) is 0 Å². The number of hydrogen-bond donors (Lipinski definition) is 2. The number of carbonyl (C=O) groups is 3. The lowest BCUT2D eigenvalue weighted by molar-refractivity contribution is 0.0692. The molecular weight excluding hydrogens is 290 g/mol. The molecule has 0 unspecified atom stereocenters. The summed E-state index contributed by atoms with van der Waals surface area (Å²) in [5, 5.41) is 20.8. The van der Waals surface area contributed by atoms with E-state index in [1.54, 1.807) is 0 Å². The van der Waals surface area contributed by atoms with Gasteiger partial charge in [-0.15, -0.1) is 4.91 Å². The highest BCUT2D eigenvalue weighted by molar-refractivity contribution is 6.16. The molecule has 0 aliphatic carbocycles. The maximum atomic E-state index is 12.4. The normalized spacial score (nSPS) is 10.0. The van der Waals surface area contributed by atoms with E-state index in [0.29, 0.717) is 0 Å². The molecule has 22 heavy (non-hydrogen) atoms. The number of carbonyl (C=O) groups excluding carboxylic acids is 1. The second-order valence-electron chi connectivity index (χ2n) is 4.31. The molecule has 0 atom stereocenters. The first-order valence-corrected chi connectivity index (χ1v) is 6.03. The Kier molecular flexibility index (Phi) is 4.08. The quantitative estimate of drug-likeness (QED) is 0.646. The first-order chi connectivity index (χ1) is 10.5. The molecule has 0 radical (unpaired) electrons. The van der Waals surface area contributed by atoms with Crippen molar-refractivity contribution < 1.29 is 24.6 Å². The van der Waals surface area contributed by atoms with Gasteiger partial charge in [-0.2, -0.15) is 0 Å². The highest BCUT2D eigenvalue weighted by Crippen LogP contribution is 2.24. The van der Waals surface area contributed by atoms with Gasteiger partial charge in [0, 0.05) is 5.56 Å². The zero-order valence-corrected chi connectivity index (χ0v) is 11.0. The van der Waals surface area contributed by atoms with Gasteiger partial charge in [0.25, 0.3) is 0 Å². The predicted molar refractivity (Wildman–Crippen MR) is 75.7 cm³/mol. The summed E-state index contributed by atoms with van der Waals surface area (Å²) in [5.41, 5.74) is -1.09. The number of nitrogens with zero attached hydrogens (tertiary/aromatic N) is 1. The summed E-state index contributed by atoms with van der Waals surface area (Å²) in [6, 6.07) is 8.82. The van der Waals surface area contributed by atoms with Crippen molar-refractivity contribution in [2.24, 2.45) is 5.18 Å². The largest absolute Gasteiger partial charge is 0.478 e. The molecule has 2 N–H and O–H groups in total. The third-order valence-electron chi connectivity index (χ3n) is 2.99. The van der Waals surface area contributed by atoms with Gasteiger partial charge in [-0.05, 0) is 35.5 Å². The molecule has 0 aliphatic heterocycles. The fourth-order valence-corrected chi connectivity index (χ4v) is 1.94. The Morgan fingerprint density at radius 3 is 2.09 bits per heavy atom. The molecule has 7 heteroatoms. The maximum Gasteiger partial charge on any atom is 0.336 e. The number of carboxylic acid groups (broad SMARTS) is 2. The summed E-state index contributed by atoms with van der Waals surface area (Å²) in [4.78, 5) is 45.3. The summed E-state index contributed by atoms with van der Waals surface area (Å²) >= 11 is 0. The van der Waals surface area contributed by atoms with Gasteiger partial charge >= 0.3 is 11.9 Å². The minimum absolute atomic E-state index is 0.0527. The minimum atomic E-state index is -1.44. The number of benzene rings is 2. The highest BCUT2D eigenvalue weighted by Gasteiger charge is 2.22. The van der Waals surface area contributed by atoms with Crippen molar-refractivity contribution in [1.29, 1.82) is 0 Å². The smallest absolute Gasteiger partial charge is 0.336 e. The van der Waals surface area contributed by atoms with Crippen LogP contribution in [0, 0.1) is 4.91 Å². The fraction of sp³-hybridized carbons (Fsp3) is 0. The summed E-state index contributed by atoms with van der Waals surface area (Å²) in [7, 11) is 0. The van der Waals surface area contributed by atoms with Gasteiger partial charge in [-0.1, -0.05) is 12.1 Å². The van der Waals surface area contributed by atoms with Crippen LogP contribution < -0.4 is 0 Å². The van der Waals surface area contributed by atoms with E-state index in [2.05, 4.69) is 5.18 Å². The van der Waals surface area contributed by atoms with Crippen LogP contribution in [0.15, 0.2) is 47.6 Å². The molecule has 2 aromatic rings. The van der Waals surface area contributed by atoms with Crippen LogP contribution in [0.3, 0.4) is 0 Å².